The molecule has 0 radical (unpaired) electrons. The third-order valence-electron chi connectivity index (χ3n) is 5.56. The highest BCUT2D eigenvalue weighted by Crippen LogP contribution is 2.36. The van der Waals surface area contributed by atoms with E-state index in [-0.39, 0.29) is 11.0 Å². The predicted molar refractivity (Wildman–Crippen MR) is 150 cm³/mol. The van der Waals surface area contributed by atoms with Gasteiger partial charge < -0.3 is 10.1 Å². The molecule has 0 fully saturated rings. The van der Waals surface area contributed by atoms with Crippen LogP contribution in [-0.4, -0.2) is 23.1 Å². The van der Waals surface area contributed by atoms with Crippen molar-refractivity contribution in [3.8, 4) is 16.3 Å². The van der Waals surface area contributed by atoms with Gasteiger partial charge in [0.1, 0.15) is 10.8 Å². The maximum atomic E-state index is 13.0. The molecule has 0 bridgehead atoms. The highest BCUT2D eigenvalue weighted by atomic mass is 79.9. The van der Waals surface area contributed by atoms with Gasteiger partial charge in [0.2, 0.25) is 0 Å². The number of para-hydroxylation sites is 1. The molecule has 0 aliphatic rings. The number of ether oxygens (including phenoxy) is 1. The van der Waals surface area contributed by atoms with Gasteiger partial charge >= 0.3 is 0 Å². The number of rotatable bonds is 5. The number of methoxy groups -OCH3 is 1. The minimum atomic E-state index is -0.336. The molecule has 0 spiro atoms. The van der Waals surface area contributed by atoms with Crippen LogP contribution in [0, 0.1) is 0 Å². The average molecular weight is 563 g/mol. The molecule has 1 heterocycles. The minimum absolute atomic E-state index is 0.247. The van der Waals surface area contributed by atoms with E-state index in [2.05, 4.69) is 32.6 Å². The lowest BCUT2D eigenvalue weighted by Gasteiger charge is -2.14. The summed E-state index contributed by atoms with van der Waals surface area (Å²) < 4.78 is 7.41. The molecule has 0 saturated carbocycles. The first-order valence-corrected chi connectivity index (χ1v) is 12.8. The van der Waals surface area contributed by atoms with Crippen LogP contribution in [0.3, 0.4) is 0 Å². The Balaban J connectivity index is 1.24. The van der Waals surface area contributed by atoms with Crippen LogP contribution in [0.5, 0.6) is 5.75 Å². The van der Waals surface area contributed by atoms with Crippen LogP contribution in [0.4, 0.5) is 0 Å². The zero-order valence-electron chi connectivity index (χ0n) is 18.7. The first-order chi connectivity index (χ1) is 17.0. The normalized spacial score (nSPS) is 10.9. The lowest BCUT2D eigenvalue weighted by molar-refractivity contribution is 0.0973. The minimum Gasteiger partial charge on any atom is -0.495 e. The van der Waals surface area contributed by atoms with Gasteiger partial charge in [-0.3, -0.25) is 10.1 Å². The van der Waals surface area contributed by atoms with E-state index >= 15 is 0 Å². The maximum absolute atomic E-state index is 13.0. The number of carbonyl (C=O) groups excluding carboxylic acids is 1. The number of fused-ring (bicyclic) bond motifs is 2. The number of nitrogens with one attached hydrogen (secondary N) is 2. The van der Waals surface area contributed by atoms with Gasteiger partial charge in [0.15, 0.2) is 5.11 Å². The molecule has 0 saturated heterocycles. The summed E-state index contributed by atoms with van der Waals surface area (Å²) in [5.74, 6) is 0.131. The molecule has 35 heavy (non-hydrogen) atoms. The van der Waals surface area contributed by atoms with Crippen molar-refractivity contribution in [3.05, 3.63) is 94.5 Å². The van der Waals surface area contributed by atoms with Gasteiger partial charge in [0.25, 0.3) is 5.91 Å². The molecule has 8 heteroatoms. The van der Waals surface area contributed by atoms with Crippen molar-refractivity contribution >= 4 is 71.5 Å². The Morgan fingerprint density at radius 2 is 1.80 bits per heavy atom. The Morgan fingerprint density at radius 1 is 1.06 bits per heavy atom. The van der Waals surface area contributed by atoms with E-state index in [0.29, 0.717) is 17.9 Å². The number of thiazole rings is 1. The molecule has 4 aromatic carbocycles. The lowest BCUT2D eigenvalue weighted by Crippen LogP contribution is -2.39. The molecule has 2 N–H and O–H groups in total. The van der Waals surface area contributed by atoms with E-state index in [1.54, 1.807) is 24.5 Å². The lowest BCUT2D eigenvalue weighted by atomic mass is 10.1. The van der Waals surface area contributed by atoms with Crippen molar-refractivity contribution in [3.63, 3.8) is 0 Å². The van der Waals surface area contributed by atoms with Crippen LogP contribution in [0.1, 0.15) is 15.9 Å². The fourth-order valence-corrected chi connectivity index (χ4v) is 5.68. The Labute approximate surface area is 220 Å². The van der Waals surface area contributed by atoms with Gasteiger partial charge in [0, 0.05) is 12.1 Å². The van der Waals surface area contributed by atoms with E-state index in [0.717, 1.165) is 36.9 Å². The summed E-state index contributed by atoms with van der Waals surface area (Å²) in [6.45, 7) is 0.484. The zero-order valence-corrected chi connectivity index (χ0v) is 21.9. The predicted octanol–water partition coefficient (Wildman–Crippen LogP) is 6.69. The molecular formula is C27H20BrN3O2S2. The summed E-state index contributed by atoms with van der Waals surface area (Å²) in [6.07, 6.45) is 0. The quantitative estimate of drug-likeness (QED) is 0.234. The average Bonchev–Trinajstić information content (AvgIpc) is 3.32. The third kappa shape index (κ3) is 4.91. The van der Waals surface area contributed by atoms with Crippen molar-refractivity contribution in [1.29, 1.82) is 0 Å². The van der Waals surface area contributed by atoms with E-state index in [9.17, 15) is 4.79 Å². The highest BCUT2D eigenvalue weighted by molar-refractivity contribution is 9.10. The summed E-state index contributed by atoms with van der Waals surface area (Å²) in [7, 11) is 1.54. The number of amides is 1. The largest absolute Gasteiger partial charge is 0.495 e. The fraction of sp³-hybridized carbons (Fsp3) is 0.0741. The Kier molecular flexibility index (Phi) is 6.77. The second kappa shape index (κ2) is 10.1. The topological polar surface area (TPSA) is 63.2 Å². The Bertz CT molecular complexity index is 1530. The van der Waals surface area contributed by atoms with Crippen molar-refractivity contribution in [2.24, 2.45) is 0 Å². The van der Waals surface area contributed by atoms with Crippen LogP contribution >= 0.6 is 39.5 Å². The third-order valence-corrected chi connectivity index (χ3v) is 7.68. The first kappa shape index (κ1) is 23.4. The molecule has 0 unspecified atom stereocenters. The molecule has 0 aliphatic carbocycles. The molecular weight excluding hydrogens is 542 g/mol. The number of halogens is 1. The summed E-state index contributed by atoms with van der Waals surface area (Å²) in [6, 6.07) is 25.9. The van der Waals surface area contributed by atoms with Gasteiger partial charge in [-0.2, -0.15) is 0 Å². The Hall–Kier alpha value is -3.33. The van der Waals surface area contributed by atoms with Crippen LogP contribution < -0.4 is 15.4 Å². The second-order valence-electron chi connectivity index (χ2n) is 7.81. The molecule has 1 amide bonds. The SMILES string of the molecule is COc1c(C(=O)NC(=S)NCc2ccc(-c3nc4ccccc4s3)cc2)cc2ccccc2c1Br. The second-order valence-corrected chi connectivity index (χ2v) is 10.0. The summed E-state index contributed by atoms with van der Waals surface area (Å²) in [5, 5.41) is 8.99. The molecule has 5 rings (SSSR count). The van der Waals surface area contributed by atoms with Crippen molar-refractivity contribution in [2.45, 2.75) is 6.54 Å². The van der Waals surface area contributed by atoms with Crippen molar-refractivity contribution in [1.82, 2.24) is 15.6 Å². The standard InChI is InChI=1S/C27H20BrN3O2S2/c1-33-24-20(14-18-6-2-3-7-19(18)23(24)28)25(32)31-27(34)29-15-16-10-12-17(13-11-16)26-30-21-8-4-5-9-22(21)35-26/h2-14H,15H2,1H3,(H2,29,31,32,34). The van der Waals surface area contributed by atoms with Gasteiger partial charge in [0.05, 0.1) is 27.4 Å². The molecule has 0 atom stereocenters. The Morgan fingerprint density at radius 3 is 2.57 bits per heavy atom. The van der Waals surface area contributed by atoms with Crippen molar-refractivity contribution in [2.75, 3.05) is 7.11 Å². The summed E-state index contributed by atoms with van der Waals surface area (Å²) in [4.78, 5) is 17.7. The maximum Gasteiger partial charge on any atom is 0.261 e. The number of benzene rings is 4. The van der Waals surface area contributed by atoms with Crippen molar-refractivity contribution < 1.29 is 9.53 Å². The number of carbonyl (C=O) groups is 1. The number of aromatic nitrogens is 1. The van der Waals surface area contributed by atoms with Gasteiger partial charge in [-0.25, -0.2) is 4.98 Å². The molecule has 1 aromatic heterocycles. The molecule has 0 aliphatic heterocycles. The summed E-state index contributed by atoms with van der Waals surface area (Å²) in [5.41, 5.74) is 3.52. The van der Waals surface area contributed by atoms with Gasteiger partial charge in [-0.1, -0.05) is 60.7 Å². The smallest absolute Gasteiger partial charge is 0.261 e. The zero-order chi connectivity index (χ0) is 24.4. The van der Waals surface area contributed by atoms with Crippen LogP contribution in [-0.2, 0) is 6.54 Å². The molecule has 174 valence electrons. The van der Waals surface area contributed by atoms with Crippen LogP contribution in [0.15, 0.2) is 83.3 Å². The highest BCUT2D eigenvalue weighted by Gasteiger charge is 2.19. The van der Waals surface area contributed by atoms with Gasteiger partial charge in [-0.05, 0) is 62.7 Å². The van der Waals surface area contributed by atoms with E-state index < -0.39 is 0 Å². The summed E-state index contributed by atoms with van der Waals surface area (Å²) >= 11 is 10.6. The van der Waals surface area contributed by atoms with E-state index in [1.165, 1.54) is 4.70 Å². The number of hydrogen-bond acceptors (Lipinski definition) is 5. The number of thiocarbonyl (C=S) groups is 1. The molecule has 5 aromatic rings. The van der Waals surface area contributed by atoms with E-state index in [4.69, 9.17) is 21.9 Å². The van der Waals surface area contributed by atoms with Crippen LogP contribution in [0.2, 0.25) is 0 Å². The van der Waals surface area contributed by atoms with Gasteiger partial charge in [-0.15, -0.1) is 11.3 Å². The fourth-order valence-electron chi connectivity index (χ4n) is 3.81. The van der Waals surface area contributed by atoms with Crippen LogP contribution in [0.25, 0.3) is 31.6 Å². The van der Waals surface area contributed by atoms with E-state index in [1.807, 2.05) is 66.7 Å². The number of hydrogen-bond donors (Lipinski definition) is 2. The number of nitrogens with zero attached hydrogens (tertiary/aromatic N) is 1. The first-order valence-electron chi connectivity index (χ1n) is 10.8. The monoisotopic (exact) mass is 561 g/mol. The molecule has 5 nitrogen and oxygen atoms in total.